The Morgan fingerprint density at radius 1 is 1.05 bits per heavy atom. The van der Waals surface area contributed by atoms with Gasteiger partial charge in [0.1, 0.15) is 17.3 Å². The number of aromatic nitrogens is 6. The molecule has 1 saturated carbocycles. The maximum absolute atomic E-state index is 15.3. The number of carbonyl (C=O) groups is 1. The van der Waals surface area contributed by atoms with Crippen molar-refractivity contribution in [3.05, 3.63) is 93.3 Å². The number of nitrogens with one attached hydrogen (secondary N) is 2. The predicted octanol–water partition coefficient (Wildman–Crippen LogP) is 5.33. The molecule has 3 aliphatic rings. The Morgan fingerprint density at radius 2 is 1.89 bits per heavy atom. The minimum atomic E-state index is -4.68. The van der Waals surface area contributed by atoms with E-state index in [9.17, 15) is 22.8 Å². The average Bonchev–Trinajstić information content (AvgIpc) is 3.28. The maximum Gasteiger partial charge on any atom is 0.436 e. The summed E-state index contributed by atoms with van der Waals surface area (Å²) in [5.41, 5.74) is 1.23. The van der Waals surface area contributed by atoms with Gasteiger partial charge in [0.05, 0.1) is 23.6 Å². The molecule has 2 aromatic carbocycles. The van der Waals surface area contributed by atoms with Gasteiger partial charge >= 0.3 is 6.18 Å². The molecule has 1 aliphatic carbocycles. The van der Waals surface area contributed by atoms with Crippen molar-refractivity contribution in [1.82, 2.24) is 29.5 Å². The maximum atomic E-state index is 15.3. The van der Waals surface area contributed by atoms with Crippen molar-refractivity contribution in [3.8, 4) is 33.8 Å². The van der Waals surface area contributed by atoms with Crippen LogP contribution in [0.25, 0.3) is 28.1 Å². The van der Waals surface area contributed by atoms with Gasteiger partial charge in [0.15, 0.2) is 12.3 Å². The summed E-state index contributed by atoms with van der Waals surface area (Å²) in [5.74, 6) is -0.269. The van der Waals surface area contributed by atoms with E-state index in [-0.39, 0.29) is 47.1 Å². The van der Waals surface area contributed by atoms with Crippen molar-refractivity contribution < 1.29 is 27.1 Å². The lowest BCUT2D eigenvalue weighted by molar-refractivity contribution is -0.141. The van der Waals surface area contributed by atoms with E-state index >= 15 is 4.39 Å². The highest BCUT2D eigenvalue weighted by atomic mass is 35.5. The largest absolute Gasteiger partial charge is 0.482 e. The summed E-state index contributed by atoms with van der Waals surface area (Å²) in [5, 5.41) is 9.89. The third kappa shape index (κ3) is 4.19. The number of hydrogen-bond acceptors (Lipinski definition) is 6. The summed E-state index contributed by atoms with van der Waals surface area (Å²) in [7, 11) is 0. The van der Waals surface area contributed by atoms with Crippen molar-refractivity contribution in [2.75, 3.05) is 11.9 Å². The number of alkyl halides is 3. The monoisotopic (exact) mass is 623 g/mol. The molecule has 3 aromatic heterocycles. The van der Waals surface area contributed by atoms with E-state index in [1.807, 2.05) is 0 Å². The molecule has 0 spiro atoms. The lowest BCUT2D eigenvalue weighted by Gasteiger charge is -2.18. The smallest absolute Gasteiger partial charge is 0.436 e. The van der Waals surface area contributed by atoms with Crippen LogP contribution < -0.4 is 15.6 Å². The minimum absolute atomic E-state index is 0.00178. The van der Waals surface area contributed by atoms with Gasteiger partial charge in [-0.3, -0.25) is 9.59 Å². The number of carbonyl (C=O) groups excluding carboxylic acids is 1. The van der Waals surface area contributed by atoms with Crippen LogP contribution in [0.1, 0.15) is 35.6 Å². The molecule has 3 unspecified atom stereocenters. The number of imidazole rings is 1. The first-order valence-corrected chi connectivity index (χ1v) is 13.8. The molecule has 15 heteroatoms. The zero-order valence-corrected chi connectivity index (χ0v) is 22.9. The molecule has 0 radical (unpaired) electrons. The number of amides is 1. The van der Waals surface area contributed by atoms with Crippen molar-refractivity contribution in [1.29, 1.82) is 0 Å². The van der Waals surface area contributed by atoms with Crippen LogP contribution in [0.4, 0.5) is 23.2 Å². The molecule has 44 heavy (non-hydrogen) atoms. The lowest BCUT2D eigenvalue weighted by atomic mass is 10.0. The van der Waals surface area contributed by atoms with Gasteiger partial charge in [0.2, 0.25) is 5.95 Å². The van der Waals surface area contributed by atoms with Crippen molar-refractivity contribution in [3.63, 3.8) is 0 Å². The summed E-state index contributed by atoms with van der Waals surface area (Å²) < 4.78 is 62.9. The molecule has 1 fully saturated rings. The zero-order valence-electron chi connectivity index (χ0n) is 22.2. The van der Waals surface area contributed by atoms with Crippen LogP contribution in [0, 0.1) is 11.9 Å². The normalized spacial score (nSPS) is 20.0. The fraction of sp³-hybridized carbons (Fsp3) is 0.207. The molecular formula is C29H18ClF4N7O3. The third-order valence-corrected chi connectivity index (χ3v) is 8.38. The Balaban J connectivity index is 1.17. The molecule has 2 N–H and O–H groups in total. The molecule has 3 atom stereocenters. The number of benzene rings is 2. The van der Waals surface area contributed by atoms with Crippen LogP contribution in [-0.2, 0) is 11.0 Å². The Hall–Kier alpha value is -4.98. The lowest BCUT2D eigenvalue weighted by Crippen LogP contribution is -2.26. The molecular weight excluding hydrogens is 606 g/mol. The van der Waals surface area contributed by atoms with E-state index in [4.69, 9.17) is 16.3 Å². The Morgan fingerprint density at radius 3 is 2.68 bits per heavy atom. The topological polar surface area (TPSA) is 120 Å². The molecule has 8 rings (SSSR count). The standard InChI is InChI=1S/C29H18ClF4N7O3/c30-14-2-4-19(40-10-22(38-39-40)29(32,33)34)15(8-14)13-5-20-16-9-17(16)26(41(20)24(43)7-13)28-36-25(27(31)37-28)12-1-3-18-21(6-12)44-11-23(42)35-18/h1-8,10,16-17,26H,9,11H2,(H,35,42)(H,36,37). The Kier molecular flexibility index (Phi) is 5.60. The number of ether oxygens (including phenoxy) is 1. The summed E-state index contributed by atoms with van der Waals surface area (Å²) in [6, 6.07) is 12.0. The highest BCUT2D eigenvalue weighted by Gasteiger charge is 2.54. The first-order chi connectivity index (χ1) is 21.0. The van der Waals surface area contributed by atoms with Gasteiger partial charge in [-0.15, -0.1) is 5.10 Å². The van der Waals surface area contributed by atoms with Gasteiger partial charge in [0.25, 0.3) is 11.5 Å². The number of aromatic amines is 1. The van der Waals surface area contributed by atoms with Gasteiger partial charge in [-0.25, -0.2) is 9.67 Å². The summed E-state index contributed by atoms with van der Waals surface area (Å²) >= 11 is 6.26. The first-order valence-electron chi connectivity index (χ1n) is 13.4. The number of halogens is 5. The summed E-state index contributed by atoms with van der Waals surface area (Å²) in [4.78, 5) is 32.5. The highest BCUT2D eigenvalue weighted by Crippen LogP contribution is 2.60. The van der Waals surface area contributed by atoms with Crippen molar-refractivity contribution in [2.24, 2.45) is 5.92 Å². The predicted molar refractivity (Wildman–Crippen MR) is 148 cm³/mol. The van der Waals surface area contributed by atoms with Gasteiger partial charge < -0.3 is 19.6 Å². The average molecular weight is 624 g/mol. The fourth-order valence-corrected chi connectivity index (χ4v) is 6.30. The molecule has 5 aromatic rings. The molecule has 1 amide bonds. The number of hydrogen-bond donors (Lipinski definition) is 2. The Labute approximate surface area is 249 Å². The number of anilines is 1. The first kappa shape index (κ1) is 26.6. The van der Waals surface area contributed by atoms with E-state index < -0.39 is 23.9 Å². The second-order valence-corrected chi connectivity index (χ2v) is 11.3. The van der Waals surface area contributed by atoms with Crippen molar-refractivity contribution in [2.45, 2.75) is 24.6 Å². The van der Waals surface area contributed by atoms with Gasteiger partial charge in [-0.2, -0.15) is 17.6 Å². The second-order valence-electron chi connectivity index (χ2n) is 10.9. The second kappa shape index (κ2) is 9.26. The molecule has 5 heterocycles. The summed E-state index contributed by atoms with van der Waals surface area (Å²) in [6.45, 7) is -0.151. The van der Waals surface area contributed by atoms with Gasteiger partial charge in [-0.05, 0) is 54.3 Å². The van der Waals surface area contributed by atoms with Gasteiger partial charge in [0, 0.05) is 33.8 Å². The van der Waals surface area contributed by atoms with Crippen LogP contribution in [0.3, 0.4) is 0 Å². The number of nitrogens with zero attached hydrogens (tertiary/aromatic N) is 5. The number of fused-ring (bicyclic) bond motifs is 4. The summed E-state index contributed by atoms with van der Waals surface area (Å²) in [6.07, 6.45) is -3.16. The minimum Gasteiger partial charge on any atom is -0.482 e. The molecule has 0 bridgehead atoms. The Bertz CT molecular complexity index is 2090. The van der Waals surface area contributed by atoms with E-state index in [1.54, 1.807) is 34.9 Å². The van der Waals surface area contributed by atoms with E-state index in [0.717, 1.165) is 17.3 Å². The quantitative estimate of drug-likeness (QED) is 0.261. The zero-order chi connectivity index (χ0) is 30.5. The molecule has 222 valence electrons. The van der Waals surface area contributed by atoms with E-state index in [1.165, 1.54) is 18.2 Å². The fourth-order valence-electron chi connectivity index (χ4n) is 6.13. The van der Waals surface area contributed by atoms with E-state index in [2.05, 4.69) is 25.6 Å². The van der Waals surface area contributed by atoms with Gasteiger partial charge in [-0.1, -0.05) is 22.9 Å². The van der Waals surface area contributed by atoms with Crippen LogP contribution in [0.5, 0.6) is 5.75 Å². The number of rotatable bonds is 4. The van der Waals surface area contributed by atoms with Crippen LogP contribution in [-0.4, -0.2) is 42.0 Å². The molecule has 2 aliphatic heterocycles. The van der Waals surface area contributed by atoms with Crippen molar-refractivity contribution >= 4 is 23.2 Å². The van der Waals surface area contributed by atoms with E-state index in [0.29, 0.717) is 38.8 Å². The van der Waals surface area contributed by atoms with Crippen LogP contribution in [0.2, 0.25) is 5.02 Å². The molecule has 0 saturated heterocycles. The van der Waals surface area contributed by atoms with Crippen LogP contribution >= 0.6 is 11.6 Å². The number of H-pyrrole nitrogens is 1. The van der Waals surface area contributed by atoms with Crippen LogP contribution in [0.15, 0.2) is 59.5 Å². The number of pyridine rings is 1. The SMILES string of the molecule is O=C1COc2cc(-c3nc(C4C5CC5c5cc(-c6cc(Cl)ccc6-n6cc(C(F)(F)F)nn6)cc(=O)n54)[nH]c3F)ccc2N1. The highest BCUT2D eigenvalue weighted by molar-refractivity contribution is 6.31. The third-order valence-electron chi connectivity index (χ3n) is 8.15. The molecule has 10 nitrogen and oxygen atoms in total.